The third-order valence-electron chi connectivity index (χ3n) is 4.59. The van der Waals surface area contributed by atoms with Crippen LogP contribution < -0.4 is 16.6 Å². The molecular weight excluding hydrogens is 310 g/mol. The third-order valence-corrected chi connectivity index (χ3v) is 4.59. The third kappa shape index (κ3) is 2.43. The van der Waals surface area contributed by atoms with Crippen LogP contribution in [0.2, 0.25) is 0 Å². The van der Waals surface area contributed by atoms with Gasteiger partial charge in [-0.15, -0.1) is 0 Å². The Kier molecular flexibility index (Phi) is 4.00. The van der Waals surface area contributed by atoms with Gasteiger partial charge in [-0.05, 0) is 25.5 Å². The average Bonchev–Trinajstić information content (AvgIpc) is 2.57. The number of carbonyl (C=O) groups is 1. The number of fused-ring (bicyclic) bond motifs is 1. The van der Waals surface area contributed by atoms with Gasteiger partial charge in [0.05, 0.1) is 5.39 Å². The number of nitrogens with zero attached hydrogens (tertiary/aromatic N) is 4. The Morgan fingerprint density at radius 3 is 2.67 bits per heavy atom. The summed E-state index contributed by atoms with van der Waals surface area (Å²) >= 11 is 0. The van der Waals surface area contributed by atoms with E-state index in [1.165, 1.54) is 11.6 Å². The quantitative estimate of drug-likeness (QED) is 0.752. The standard InChI is InChI=1S/C16H21N5O3/c1-9-7-11(14(22)21-6-5-17-8-10(21)2)18-13-12(9)15(23)20(4)16(24)19(13)3/h7,10,17H,5-6,8H2,1-4H3/t10-/m1/s1. The number of pyridine rings is 1. The van der Waals surface area contributed by atoms with Crippen LogP contribution >= 0.6 is 0 Å². The molecule has 0 radical (unpaired) electrons. The van der Waals surface area contributed by atoms with Gasteiger partial charge in [0.25, 0.3) is 11.5 Å². The molecule has 1 N–H and O–H groups in total. The molecule has 0 aliphatic carbocycles. The van der Waals surface area contributed by atoms with Crippen LogP contribution in [0.4, 0.5) is 0 Å². The van der Waals surface area contributed by atoms with Crippen LogP contribution in [0, 0.1) is 6.92 Å². The smallest absolute Gasteiger partial charge is 0.332 e. The van der Waals surface area contributed by atoms with Crippen LogP contribution in [0.25, 0.3) is 11.0 Å². The van der Waals surface area contributed by atoms with E-state index in [2.05, 4.69) is 10.3 Å². The first-order valence-corrected chi connectivity index (χ1v) is 7.92. The maximum atomic E-state index is 12.8. The second-order valence-electron chi connectivity index (χ2n) is 6.28. The molecule has 2 aromatic rings. The molecule has 1 aliphatic heterocycles. The van der Waals surface area contributed by atoms with E-state index in [0.29, 0.717) is 17.5 Å². The number of piperazine rings is 1. The number of aromatic nitrogens is 3. The number of nitrogens with one attached hydrogen (secondary N) is 1. The first-order valence-electron chi connectivity index (χ1n) is 7.92. The van der Waals surface area contributed by atoms with Crippen LogP contribution in [0.15, 0.2) is 15.7 Å². The van der Waals surface area contributed by atoms with Gasteiger partial charge >= 0.3 is 5.69 Å². The van der Waals surface area contributed by atoms with E-state index < -0.39 is 11.2 Å². The van der Waals surface area contributed by atoms with Crippen molar-refractivity contribution in [3.05, 3.63) is 38.2 Å². The summed E-state index contributed by atoms with van der Waals surface area (Å²) in [6, 6.07) is 1.70. The summed E-state index contributed by atoms with van der Waals surface area (Å²) in [6.07, 6.45) is 0. The number of rotatable bonds is 1. The largest absolute Gasteiger partial charge is 0.332 e. The van der Waals surface area contributed by atoms with Crippen molar-refractivity contribution in [2.24, 2.45) is 14.1 Å². The fourth-order valence-electron chi connectivity index (χ4n) is 3.13. The first kappa shape index (κ1) is 16.4. The van der Waals surface area contributed by atoms with Gasteiger partial charge in [0.1, 0.15) is 11.3 Å². The lowest BCUT2D eigenvalue weighted by Gasteiger charge is -2.33. The van der Waals surface area contributed by atoms with Crippen molar-refractivity contribution in [1.82, 2.24) is 24.3 Å². The Morgan fingerprint density at radius 1 is 1.29 bits per heavy atom. The maximum Gasteiger partial charge on any atom is 0.332 e. The molecule has 0 spiro atoms. The van der Waals surface area contributed by atoms with Crippen molar-refractivity contribution in [3.8, 4) is 0 Å². The maximum absolute atomic E-state index is 12.8. The summed E-state index contributed by atoms with van der Waals surface area (Å²) < 4.78 is 2.36. The molecule has 8 nitrogen and oxygen atoms in total. The Labute approximate surface area is 138 Å². The Balaban J connectivity index is 2.20. The lowest BCUT2D eigenvalue weighted by atomic mass is 10.1. The lowest BCUT2D eigenvalue weighted by Crippen LogP contribution is -2.52. The van der Waals surface area contributed by atoms with Gasteiger partial charge in [0, 0.05) is 39.8 Å². The molecule has 24 heavy (non-hydrogen) atoms. The summed E-state index contributed by atoms with van der Waals surface area (Å²) in [5, 5.41) is 3.60. The highest BCUT2D eigenvalue weighted by atomic mass is 16.2. The molecule has 1 saturated heterocycles. The van der Waals surface area contributed by atoms with Gasteiger partial charge in [-0.3, -0.25) is 18.7 Å². The highest BCUT2D eigenvalue weighted by molar-refractivity contribution is 5.95. The number of carbonyl (C=O) groups excluding carboxylic acids is 1. The molecule has 1 fully saturated rings. The van der Waals surface area contributed by atoms with E-state index in [-0.39, 0.29) is 23.3 Å². The molecule has 128 valence electrons. The number of hydrogen-bond acceptors (Lipinski definition) is 5. The molecule has 0 saturated carbocycles. The molecule has 0 aromatic carbocycles. The van der Waals surface area contributed by atoms with Crippen molar-refractivity contribution in [2.75, 3.05) is 19.6 Å². The minimum atomic E-state index is -0.459. The molecule has 2 aromatic heterocycles. The summed E-state index contributed by atoms with van der Waals surface area (Å²) in [5.74, 6) is -0.179. The van der Waals surface area contributed by atoms with Crippen molar-refractivity contribution in [2.45, 2.75) is 19.9 Å². The molecule has 3 rings (SSSR count). The van der Waals surface area contributed by atoms with Gasteiger partial charge < -0.3 is 10.2 Å². The average molecular weight is 331 g/mol. The second-order valence-corrected chi connectivity index (χ2v) is 6.28. The van der Waals surface area contributed by atoms with Crippen LogP contribution in [-0.2, 0) is 14.1 Å². The van der Waals surface area contributed by atoms with E-state index in [9.17, 15) is 14.4 Å². The normalized spacial score (nSPS) is 18.2. The molecule has 1 aliphatic rings. The van der Waals surface area contributed by atoms with Crippen LogP contribution in [0.1, 0.15) is 23.0 Å². The minimum Gasteiger partial charge on any atom is -0.332 e. The van der Waals surface area contributed by atoms with Crippen LogP contribution in [0.3, 0.4) is 0 Å². The van der Waals surface area contributed by atoms with Crippen molar-refractivity contribution < 1.29 is 4.79 Å². The predicted molar refractivity (Wildman–Crippen MR) is 90.3 cm³/mol. The van der Waals surface area contributed by atoms with Crippen molar-refractivity contribution in [1.29, 1.82) is 0 Å². The van der Waals surface area contributed by atoms with Crippen LogP contribution in [-0.4, -0.2) is 50.6 Å². The monoisotopic (exact) mass is 331 g/mol. The predicted octanol–water partition coefficient (Wildman–Crippen LogP) is -0.625. The summed E-state index contributed by atoms with van der Waals surface area (Å²) in [4.78, 5) is 43.4. The van der Waals surface area contributed by atoms with Crippen LogP contribution in [0.5, 0.6) is 0 Å². The number of aryl methyl sites for hydroxylation is 2. The molecule has 3 heterocycles. The Bertz CT molecular complexity index is 943. The first-order chi connectivity index (χ1) is 11.3. The fourth-order valence-corrected chi connectivity index (χ4v) is 3.13. The fraction of sp³-hybridized carbons (Fsp3) is 0.500. The van der Waals surface area contributed by atoms with Gasteiger partial charge in [0.15, 0.2) is 0 Å². The molecule has 8 heteroatoms. The summed E-state index contributed by atoms with van der Waals surface area (Å²) in [7, 11) is 2.99. The van der Waals surface area contributed by atoms with Gasteiger partial charge in [-0.2, -0.15) is 0 Å². The highest BCUT2D eigenvalue weighted by Crippen LogP contribution is 2.15. The zero-order chi connectivity index (χ0) is 17.6. The van der Waals surface area contributed by atoms with Crippen molar-refractivity contribution in [3.63, 3.8) is 0 Å². The highest BCUT2D eigenvalue weighted by Gasteiger charge is 2.26. The lowest BCUT2D eigenvalue weighted by molar-refractivity contribution is 0.0650. The van der Waals surface area contributed by atoms with E-state index in [1.807, 2.05) is 6.92 Å². The summed E-state index contributed by atoms with van der Waals surface area (Å²) in [6.45, 7) is 5.81. The Hall–Kier alpha value is -2.48. The van der Waals surface area contributed by atoms with E-state index in [4.69, 9.17) is 0 Å². The molecular formula is C16H21N5O3. The molecule has 0 bridgehead atoms. The molecule has 1 amide bonds. The molecule has 1 atom stereocenters. The van der Waals surface area contributed by atoms with E-state index >= 15 is 0 Å². The van der Waals surface area contributed by atoms with E-state index in [0.717, 1.165) is 17.7 Å². The van der Waals surface area contributed by atoms with Gasteiger partial charge in [-0.25, -0.2) is 9.78 Å². The zero-order valence-corrected chi connectivity index (χ0v) is 14.3. The Morgan fingerprint density at radius 2 is 2.00 bits per heavy atom. The second kappa shape index (κ2) is 5.86. The topological polar surface area (TPSA) is 89.2 Å². The molecule has 0 unspecified atom stereocenters. The minimum absolute atomic E-state index is 0.0662. The van der Waals surface area contributed by atoms with Crippen molar-refractivity contribution >= 4 is 16.9 Å². The summed E-state index contributed by atoms with van der Waals surface area (Å²) in [5.41, 5.74) is 0.292. The SMILES string of the molecule is Cc1cc(C(=O)N2CCNC[C@H]2C)nc2c1c(=O)n(C)c(=O)n2C. The van der Waals surface area contributed by atoms with E-state index in [1.54, 1.807) is 24.9 Å². The van der Waals surface area contributed by atoms with Gasteiger partial charge in [-0.1, -0.05) is 0 Å². The number of amides is 1. The van der Waals surface area contributed by atoms with Gasteiger partial charge in [0.2, 0.25) is 0 Å². The zero-order valence-electron chi connectivity index (χ0n) is 14.3. The number of hydrogen-bond donors (Lipinski definition) is 1.